The Kier molecular flexibility index (Phi) is 5.35. The van der Waals surface area contributed by atoms with Crippen LogP contribution in [-0.2, 0) is 9.84 Å². The summed E-state index contributed by atoms with van der Waals surface area (Å²) in [5.74, 6) is 1.40. The second kappa shape index (κ2) is 5.93. The molecule has 1 heterocycles. The minimum atomic E-state index is -2.80. The first-order chi connectivity index (χ1) is 7.71. The van der Waals surface area contributed by atoms with E-state index in [4.69, 9.17) is 0 Å². The molecule has 1 N–H and O–H groups in total. The van der Waals surface area contributed by atoms with Crippen LogP contribution in [0.1, 0.15) is 40.5 Å². The summed E-state index contributed by atoms with van der Waals surface area (Å²) in [7, 11) is -2.80. The molecule has 0 spiro atoms. The van der Waals surface area contributed by atoms with Crippen molar-refractivity contribution in [3.63, 3.8) is 0 Å². The third-order valence-corrected chi connectivity index (χ3v) is 6.73. The van der Waals surface area contributed by atoms with Gasteiger partial charge in [-0.25, -0.2) is 8.42 Å². The van der Waals surface area contributed by atoms with Crippen molar-refractivity contribution in [1.82, 2.24) is 5.32 Å². The van der Waals surface area contributed by atoms with Gasteiger partial charge in [-0.1, -0.05) is 20.8 Å². The van der Waals surface area contributed by atoms with Crippen molar-refractivity contribution in [2.75, 3.05) is 18.1 Å². The average Bonchev–Trinajstić information content (AvgIpc) is 2.50. The molecule has 5 heteroatoms. The van der Waals surface area contributed by atoms with Gasteiger partial charge in [0, 0.05) is 23.1 Å². The summed E-state index contributed by atoms with van der Waals surface area (Å²) in [4.78, 5) is 0. The van der Waals surface area contributed by atoms with E-state index in [0.717, 1.165) is 18.6 Å². The van der Waals surface area contributed by atoms with Gasteiger partial charge in [-0.2, -0.15) is 11.8 Å². The monoisotopic (exact) mass is 279 g/mol. The molecule has 0 unspecified atom stereocenters. The lowest BCUT2D eigenvalue weighted by Gasteiger charge is -2.22. The van der Waals surface area contributed by atoms with Gasteiger partial charge in [-0.05, 0) is 19.8 Å². The largest absolute Gasteiger partial charge is 0.312 e. The number of thioether (sulfide) groups is 1. The van der Waals surface area contributed by atoms with Crippen LogP contribution in [0.25, 0.3) is 0 Å². The molecule has 0 aromatic carbocycles. The molecular weight excluding hydrogens is 254 g/mol. The topological polar surface area (TPSA) is 46.2 Å². The number of hydrogen-bond acceptors (Lipinski definition) is 4. The minimum Gasteiger partial charge on any atom is -0.312 e. The van der Waals surface area contributed by atoms with Crippen LogP contribution in [0.5, 0.6) is 0 Å². The maximum atomic E-state index is 11.6. The molecule has 3 nitrogen and oxygen atoms in total. The Bertz CT molecular complexity index is 333. The molecule has 17 heavy (non-hydrogen) atoms. The Morgan fingerprint density at radius 3 is 2.53 bits per heavy atom. The van der Waals surface area contributed by atoms with Gasteiger partial charge in [0.05, 0.1) is 11.0 Å². The Hall–Kier alpha value is 0.260. The van der Waals surface area contributed by atoms with Crippen LogP contribution in [0.2, 0.25) is 0 Å². The smallest absolute Gasteiger partial charge is 0.154 e. The highest BCUT2D eigenvalue weighted by atomic mass is 32.2. The predicted octanol–water partition coefficient (Wildman–Crippen LogP) is 2.07. The number of nitrogens with one attached hydrogen (secondary N) is 1. The number of sulfone groups is 1. The second-order valence-corrected chi connectivity index (χ2v) is 10.1. The maximum Gasteiger partial charge on any atom is 0.154 e. The van der Waals surface area contributed by atoms with Gasteiger partial charge in [-0.3, -0.25) is 0 Å². The Morgan fingerprint density at radius 2 is 2.06 bits per heavy atom. The fourth-order valence-corrected chi connectivity index (χ4v) is 4.50. The van der Waals surface area contributed by atoms with E-state index in [9.17, 15) is 8.42 Å². The molecule has 1 rings (SSSR count). The zero-order chi connectivity index (χ0) is 13.1. The average molecular weight is 279 g/mol. The molecule has 0 aliphatic carbocycles. The summed E-state index contributed by atoms with van der Waals surface area (Å²) in [6, 6.07) is 0.370. The van der Waals surface area contributed by atoms with Gasteiger partial charge in [0.25, 0.3) is 0 Å². The summed E-state index contributed by atoms with van der Waals surface area (Å²) >= 11 is 1.91. The lowest BCUT2D eigenvalue weighted by Crippen LogP contribution is -2.37. The van der Waals surface area contributed by atoms with E-state index in [0.29, 0.717) is 18.3 Å². The normalized spacial score (nSPS) is 26.0. The van der Waals surface area contributed by atoms with E-state index in [1.807, 2.05) is 11.8 Å². The van der Waals surface area contributed by atoms with Crippen LogP contribution in [0.3, 0.4) is 0 Å². The van der Waals surface area contributed by atoms with Crippen molar-refractivity contribution in [3.8, 4) is 0 Å². The van der Waals surface area contributed by atoms with Crippen LogP contribution in [0.4, 0.5) is 0 Å². The van der Waals surface area contributed by atoms with Gasteiger partial charge in [0.15, 0.2) is 9.84 Å². The maximum absolute atomic E-state index is 11.6. The van der Waals surface area contributed by atoms with E-state index in [2.05, 4.69) is 33.0 Å². The SMILES string of the molecule is C[C@H](CSC(C)(C)C)NC[C@H]1CCCS1(=O)=O. The molecule has 0 bridgehead atoms. The summed E-state index contributed by atoms with van der Waals surface area (Å²) in [6.45, 7) is 9.35. The molecule has 1 saturated heterocycles. The summed E-state index contributed by atoms with van der Waals surface area (Å²) in [5.41, 5.74) is 0. The zero-order valence-electron chi connectivity index (χ0n) is 11.3. The van der Waals surface area contributed by atoms with Crippen LogP contribution in [0.15, 0.2) is 0 Å². The standard InChI is InChI=1S/C12H25NO2S2/c1-10(9-16-12(2,3)4)13-8-11-6-5-7-17(11,14)15/h10-11,13H,5-9H2,1-4H3/t10-,11-/m1/s1. The molecular formula is C12H25NO2S2. The quantitative estimate of drug-likeness (QED) is 0.837. The van der Waals surface area contributed by atoms with Gasteiger partial charge in [0.2, 0.25) is 0 Å². The van der Waals surface area contributed by atoms with Crippen LogP contribution in [-0.4, -0.2) is 42.5 Å². The van der Waals surface area contributed by atoms with Gasteiger partial charge < -0.3 is 5.32 Å². The lowest BCUT2D eigenvalue weighted by atomic mass is 10.2. The highest BCUT2D eigenvalue weighted by molar-refractivity contribution is 8.00. The molecule has 1 aliphatic rings. The fourth-order valence-electron chi connectivity index (χ4n) is 1.85. The van der Waals surface area contributed by atoms with E-state index < -0.39 is 9.84 Å². The zero-order valence-corrected chi connectivity index (χ0v) is 13.0. The van der Waals surface area contributed by atoms with Crippen molar-refractivity contribution in [2.24, 2.45) is 0 Å². The van der Waals surface area contributed by atoms with E-state index in [1.54, 1.807) is 0 Å². The van der Waals surface area contributed by atoms with E-state index in [1.165, 1.54) is 0 Å². The minimum absolute atomic E-state index is 0.149. The third kappa shape index (κ3) is 5.62. The van der Waals surface area contributed by atoms with Crippen LogP contribution in [0, 0.1) is 0 Å². The molecule has 0 radical (unpaired) electrons. The van der Waals surface area contributed by atoms with Crippen molar-refractivity contribution >= 4 is 21.6 Å². The third-order valence-electron chi connectivity index (χ3n) is 2.92. The molecule has 0 aromatic heterocycles. The highest BCUT2D eigenvalue weighted by Gasteiger charge is 2.31. The molecule has 0 saturated carbocycles. The lowest BCUT2D eigenvalue weighted by molar-refractivity contribution is 0.548. The molecule has 2 atom stereocenters. The fraction of sp³-hybridized carbons (Fsp3) is 1.00. The van der Waals surface area contributed by atoms with Crippen molar-refractivity contribution in [1.29, 1.82) is 0 Å². The van der Waals surface area contributed by atoms with Crippen molar-refractivity contribution < 1.29 is 8.42 Å². The molecule has 102 valence electrons. The predicted molar refractivity (Wildman–Crippen MR) is 76.5 cm³/mol. The first-order valence-electron chi connectivity index (χ1n) is 6.29. The summed E-state index contributed by atoms with van der Waals surface area (Å²) in [5, 5.41) is 3.20. The van der Waals surface area contributed by atoms with Crippen LogP contribution >= 0.6 is 11.8 Å². The summed E-state index contributed by atoms with van der Waals surface area (Å²) in [6.07, 6.45) is 1.66. The van der Waals surface area contributed by atoms with Crippen LogP contribution < -0.4 is 5.32 Å². The van der Waals surface area contributed by atoms with Gasteiger partial charge in [-0.15, -0.1) is 0 Å². The van der Waals surface area contributed by atoms with E-state index in [-0.39, 0.29) is 10.00 Å². The first kappa shape index (κ1) is 15.3. The Labute approximate surface area is 110 Å². The molecule has 1 fully saturated rings. The Balaban J connectivity index is 2.27. The number of hydrogen-bond donors (Lipinski definition) is 1. The van der Waals surface area contributed by atoms with Gasteiger partial charge in [0.1, 0.15) is 0 Å². The number of rotatable bonds is 5. The Morgan fingerprint density at radius 1 is 1.41 bits per heavy atom. The molecule has 1 aliphatic heterocycles. The van der Waals surface area contributed by atoms with Crippen molar-refractivity contribution in [3.05, 3.63) is 0 Å². The molecule has 0 amide bonds. The highest BCUT2D eigenvalue weighted by Crippen LogP contribution is 2.24. The van der Waals surface area contributed by atoms with E-state index >= 15 is 0 Å². The second-order valence-electron chi connectivity index (χ2n) is 5.86. The first-order valence-corrected chi connectivity index (χ1v) is 9.00. The van der Waals surface area contributed by atoms with Crippen molar-refractivity contribution in [2.45, 2.75) is 56.6 Å². The molecule has 0 aromatic rings. The summed E-state index contributed by atoms with van der Waals surface area (Å²) < 4.78 is 23.6. The van der Waals surface area contributed by atoms with Gasteiger partial charge >= 0.3 is 0 Å².